The van der Waals surface area contributed by atoms with Crippen LogP contribution < -0.4 is 5.32 Å². The van der Waals surface area contributed by atoms with Crippen molar-refractivity contribution in [3.8, 4) is 0 Å². The molecule has 0 radical (unpaired) electrons. The Labute approximate surface area is 130 Å². The minimum absolute atomic E-state index is 0.773. The van der Waals surface area contributed by atoms with Crippen molar-refractivity contribution in [2.75, 3.05) is 32.8 Å². The lowest BCUT2D eigenvalue weighted by Crippen LogP contribution is -2.37. The average Bonchev–Trinajstić information content (AvgIpc) is 3.43. The van der Waals surface area contributed by atoms with E-state index in [2.05, 4.69) is 10.2 Å². The quantitative estimate of drug-likeness (QED) is 0.837. The first kappa shape index (κ1) is 14.1. The number of nitrogens with one attached hydrogen (secondary N) is 1. The number of ether oxygens (including phenoxy) is 1. The molecule has 0 atom stereocenters. The van der Waals surface area contributed by atoms with Gasteiger partial charge in [0.2, 0.25) is 0 Å². The summed E-state index contributed by atoms with van der Waals surface area (Å²) < 4.78 is 5.41. The first-order valence-electron chi connectivity index (χ1n) is 8.40. The maximum atomic E-state index is 5.41. The molecule has 5 heteroatoms. The zero-order valence-electron chi connectivity index (χ0n) is 12.6. The highest BCUT2D eigenvalue weighted by Crippen LogP contribution is 2.42. The Bertz CT molecular complexity index is 476. The molecule has 1 aliphatic heterocycles. The first-order valence-corrected chi connectivity index (χ1v) is 9.22. The standard InChI is InChI=1S/C16H25N3OS/c1-2-12(1)16-14(11-17-13-3-4-13)21-15(18-16)5-6-19-7-9-20-10-8-19/h12-13,17H,1-11H2. The molecule has 3 aliphatic rings. The fraction of sp³-hybridized carbons (Fsp3) is 0.812. The van der Waals surface area contributed by atoms with Gasteiger partial charge in [0.05, 0.1) is 23.9 Å². The first-order chi connectivity index (χ1) is 10.4. The van der Waals surface area contributed by atoms with Crippen molar-refractivity contribution < 1.29 is 4.74 Å². The van der Waals surface area contributed by atoms with Crippen LogP contribution in [0.2, 0.25) is 0 Å². The van der Waals surface area contributed by atoms with Crippen molar-refractivity contribution in [2.24, 2.45) is 0 Å². The molecule has 3 fully saturated rings. The molecule has 4 rings (SSSR count). The van der Waals surface area contributed by atoms with Gasteiger partial charge in [0.15, 0.2) is 0 Å². The molecule has 1 saturated heterocycles. The van der Waals surface area contributed by atoms with Crippen molar-refractivity contribution >= 4 is 11.3 Å². The molecule has 0 bridgehead atoms. The molecule has 2 saturated carbocycles. The van der Waals surface area contributed by atoms with Crippen LogP contribution in [0, 0.1) is 0 Å². The number of aromatic nitrogens is 1. The van der Waals surface area contributed by atoms with Gasteiger partial charge in [-0.3, -0.25) is 4.90 Å². The fourth-order valence-corrected chi connectivity index (χ4v) is 4.02. The molecular formula is C16H25N3OS. The van der Waals surface area contributed by atoms with E-state index in [0.29, 0.717) is 0 Å². The van der Waals surface area contributed by atoms with Crippen LogP contribution in [0.1, 0.15) is 47.2 Å². The summed E-state index contributed by atoms with van der Waals surface area (Å²) >= 11 is 1.95. The van der Waals surface area contributed by atoms with E-state index in [1.165, 1.54) is 41.3 Å². The van der Waals surface area contributed by atoms with Crippen molar-refractivity contribution in [1.82, 2.24) is 15.2 Å². The Morgan fingerprint density at radius 3 is 2.71 bits per heavy atom. The van der Waals surface area contributed by atoms with Crippen LogP contribution in [0.3, 0.4) is 0 Å². The van der Waals surface area contributed by atoms with Gasteiger partial charge >= 0.3 is 0 Å². The van der Waals surface area contributed by atoms with E-state index in [0.717, 1.165) is 57.8 Å². The molecule has 0 aromatic carbocycles. The van der Waals surface area contributed by atoms with Gasteiger partial charge in [-0.05, 0) is 25.7 Å². The molecule has 0 unspecified atom stereocenters. The molecule has 1 N–H and O–H groups in total. The largest absolute Gasteiger partial charge is 0.379 e. The van der Waals surface area contributed by atoms with Crippen molar-refractivity contribution in [1.29, 1.82) is 0 Å². The molecule has 2 heterocycles. The van der Waals surface area contributed by atoms with E-state index in [9.17, 15) is 0 Å². The van der Waals surface area contributed by atoms with Crippen LogP contribution >= 0.6 is 11.3 Å². The van der Waals surface area contributed by atoms with Crippen LogP contribution in [-0.4, -0.2) is 48.8 Å². The Balaban J connectivity index is 1.35. The topological polar surface area (TPSA) is 37.4 Å². The van der Waals surface area contributed by atoms with E-state index in [1.54, 1.807) is 0 Å². The zero-order valence-corrected chi connectivity index (χ0v) is 13.5. The van der Waals surface area contributed by atoms with Gasteiger partial charge in [-0.15, -0.1) is 11.3 Å². The van der Waals surface area contributed by atoms with Crippen LogP contribution in [0.25, 0.3) is 0 Å². The minimum Gasteiger partial charge on any atom is -0.379 e. The zero-order chi connectivity index (χ0) is 14.1. The normalized spacial score (nSPS) is 23.6. The number of rotatable bonds is 7. The summed E-state index contributed by atoms with van der Waals surface area (Å²) in [6.45, 7) is 6.12. The highest BCUT2D eigenvalue weighted by molar-refractivity contribution is 7.11. The molecular weight excluding hydrogens is 282 g/mol. The van der Waals surface area contributed by atoms with Crippen LogP contribution in [0.4, 0.5) is 0 Å². The monoisotopic (exact) mass is 307 g/mol. The Kier molecular flexibility index (Phi) is 4.25. The van der Waals surface area contributed by atoms with E-state index < -0.39 is 0 Å². The predicted octanol–water partition coefficient (Wildman–Crippen LogP) is 2.15. The van der Waals surface area contributed by atoms with Crippen molar-refractivity contribution in [2.45, 2.75) is 50.6 Å². The SMILES string of the molecule is C1CN(CCc2nc(C3CC3)c(CNC3CC3)s2)CCO1. The summed E-state index contributed by atoms with van der Waals surface area (Å²) in [6, 6.07) is 0.788. The third kappa shape index (κ3) is 3.83. The molecule has 0 spiro atoms. The highest BCUT2D eigenvalue weighted by atomic mass is 32.1. The highest BCUT2D eigenvalue weighted by Gasteiger charge is 2.30. The number of hydrogen-bond donors (Lipinski definition) is 1. The Morgan fingerprint density at radius 1 is 1.19 bits per heavy atom. The van der Waals surface area contributed by atoms with Gasteiger partial charge in [-0.25, -0.2) is 4.98 Å². The second-order valence-corrected chi connectivity index (χ2v) is 7.72. The van der Waals surface area contributed by atoms with Gasteiger partial charge in [-0.2, -0.15) is 0 Å². The van der Waals surface area contributed by atoms with Gasteiger partial charge in [-0.1, -0.05) is 0 Å². The molecule has 1 aromatic rings. The average molecular weight is 307 g/mol. The minimum atomic E-state index is 0.773. The molecule has 2 aliphatic carbocycles. The lowest BCUT2D eigenvalue weighted by molar-refractivity contribution is 0.0384. The number of hydrogen-bond acceptors (Lipinski definition) is 5. The maximum Gasteiger partial charge on any atom is 0.0944 e. The Hall–Kier alpha value is -0.490. The number of morpholine rings is 1. The summed E-state index contributed by atoms with van der Waals surface area (Å²) in [4.78, 5) is 8.99. The summed E-state index contributed by atoms with van der Waals surface area (Å²) in [6.07, 6.45) is 6.53. The lowest BCUT2D eigenvalue weighted by atomic mass is 10.2. The van der Waals surface area contributed by atoms with E-state index in [1.807, 2.05) is 11.3 Å². The second-order valence-electron chi connectivity index (χ2n) is 6.55. The Morgan fingerprint density at radius 2 is 2.00 bits per heavy atom. The molecule has 116 valence electrons. The van der Waals surface area contributed by atoms with Gasteiger partial charge < -0.3 is 10.1 Å². The molecule has 21 heavy (non-hydrogen) atoms. The van der Waals surface area contributed by atoms with Gasteiger partial charge in [0.25, 0.3) is 0 Å². The van der Waals surface area contributed by atoms with Crippen LogP contribution in [0.5, 0.6) is 0 Å². The van der Waals surface area contributed by atoms with E-state index in [-0.39, 0.29) is 0 Å². The van der Waals surface area contributed by atoms with Crippen LogP contribution in [-0.2, 0) is 17.7 Å². The third-order valence-electron chi connectivity index (χ3n) is 4.61. The maximum absolute atomic E-state index is 5.41. The van der Waals surface area contributed by atoms with E-state index >= 15 is 0 Å². The molecule has 0 amide bonds. The lowest BCUT2D eigenvalue weighted by Gasteiger charge is -2.25. The summed E-state index contributed by atoms with van der Waals surface area (Å²) in [5.74, 6) is 0.773. The van der Waals surface area contributed by atoms with Crippen molar-refractivity contribution in [3.63, 3.8) is 0 Å². The summed E-state index contributed by atoms with van der Waals surface area (Å²) in [5, 5.41) is 5.00. The summed E-state index contributed by atoms with van der Waals surface area (Å²) in [5.41, 5.74) is 1.42. The van der Waals surface area contributed by atoms with Gasteiger partial charge in [0.1, 0.15) is 0 Å². The number of thiazole rings is 1. The molecule has 4 nitrogen and oxygen atoms in total. The predicted molar refractivity (Wildman–Crippen MR) is 84.9 cm³/mol. The third-order valence-corrected chi connectivity index (χ3v) is 5.74. The fourth-order valence-electron chi connectivity index (χ4n) is 2.93. The molecule has 1 aromatic heterocycles. The van der Waals surface area contributed by atoms with Gasteiger partial charge in [0, 0.05) is 49.4 Å². The van der Waals surface area contributed by atoms with E-state index in [4.69, 9.17) is 9.72 Å². The number of nitrogens with zero attached hydrogens (tertiary/aromatic N) is 2. The summed E-state index contributed by atoms with van der Waals surface area (Å²) in [7, 11) is 0. The second kappa shape index (κ2) is 6.32. The van der Waals surface area contributed by atoms with Crippen molar-refractivity contribution in [3.05, 3.63) is 15.6 Å². The smallest absolute Gasteiger partial charge is 0.0944 e. The van der Waals surface area contributed by atoms with Crippen LogP contribution in [0.15, 0.2) is 0 Å².